The lowest BCUT2D eigenvalue weighted by molar-refractivity contribution is 0.0989. The molecule has 0 N–H and O–H groups in total. The fourth-order valence-corrected chi connectivity index (χ4v) is 4.45. The first-order chi connectivity index (χ1) is 11.0. The fourth-order valence-electron chi connectivity index (χ4n) is 2.12. The molecule has 0 spiro atoms. The van der Waals surface area contributed by atoms with Crippen molar-refractivity contribution in [3.63, 3.8) is 0 Å². The molecule has 0 aliphatic heterocycles. The lowest BCUT2D eigenvalue weighted by atomic mass is 10.3. The molecule has 24 heavy (non-hydrogen) atoms. The van der Waals surface area contributed by atoms with Crippen molar-refractivity contribution in [2.45, 2.75) is 0 Å². The Labute approximate surface area is 163 Å². The van der Waals surface area contributed by atoms with Crippen LogP contribution in [0.25, 0.3) is 10.2 Å². The summed E-state index contributed by atoms with van der Waals surface area (Å²) in [5, 5.41) is 0.752. The van der Waals surface area contributed by atoms with E-state index in [2.05, 4.69) is 25.8 Å². The van der Waals surface area contributed by atoms with E-state index in [0.29, 0.717) is 6.54 Å². The van der Waals surface area contributed by atoms with Crippen molar-refractivity contribution < 1.29 is 4.79 Å². The van der Waals surface area contributed by atoms with Crippen LogP contribution >= 0.6 is 51.0 Å². The quantitative estimate of drug-likeness (QED) is 0.567. The number of thiazole rings is 1. The van der Waals surface area contributed by atoms with E-state index in [-0.39, 0.29) is 18.3 Å². The SMILES string of the molecule is CN(C)CCN(C(=O)c1ccc(Br)s1)c1nc2ccccc2s1.Cl. The molecule has 2 heterocycles. The third-order valence-electron chi connectivity index (χ3n) is 3.31. The number of nitrogens with zero attached hydrogens (tertiary/aromatic N) is 3. The molecule has 3 rings (SSSR count). The number of hydrogen-bond donors (Lipinski definition) is 0. The summed E-state index contributed by atoms with van der Waals surface area (Å²) in [5.74, 6) is 0.00149. The van der Waals surface area contributed by atoms with Gasteiger partial charge in [0.25, 0.3) is 5.91 Å². The Bertz CT molecular complexity index is 800. The van der Waals surface area contributed by atoms with Crippen molar-refractivity contribution in [1.29, 1.82) is 0 Å². The molecule has 0 saturated carbocycles. The van der Waals surface area contributed by atoms with Crippen LogP contribution in [0.5, 0.6) is 0 Å². The van der Waals surface area contributed by atoms with Crippen LogP contribution in [0, 0.1) is 0 Å². The van der Waals surface area contributed by atoms with Crippen molar-refractivity contribution in [3.8, 4) is 0 Å². The number of rotatable bonds is 5. The van der Waals surface area contributed by atoms with Crippen LogP contribution in [0.2, 0.25) is 0 Å². The average molecular weight is 447 g/mol. The second kappa shape index (κ2) is 8.40. The largest absolute Gasteiger partial charge is 0.308 e. The molecule has 0 bridgehead atoms. The molecule has 1 amide bonds. The first-order valence-corrected chi connectivity index (χ1v) is 9.54. The van der Waals surface area contributed by atoms with E-state index in [0.717, 1.165) is 30.6 Å². The van der Waals surface area contributed by atoms with Crippen molar-refractivity contribution >= 4 is 72.3 Å². The number of aromatic nitrogens is 1. The smallest absolute Gasteiger partial charge is 0.270 e. The predicted octanol–water partition coefficient (Wildman–Crippen LogP) is 4.75. The van der Waals surface area contributed by atoms with Crippen molar-refractivity contribution in [1.82, 2.24) is 9.88 Å². The Morgan fingerprint density at radius 3 is 2.50 bits per heavy atom. The van der Waals surface area contributed by atoms with Gasteiger partial charge in [0.1, 0.15) is 0 Å². The van der Waals surface area contributed by atoms with Gasteiger partial charge in [-0.05, 0) is 54.3 Å². The first kappa shape index (κ1) is 19.3. The standard InChI is InChI=1S/C16H16BrN3OS2.ClH/c1-19(2)9-10-20(15(21)13-7-8-14(17)22-13)16-18-11-5-3-4-6-12(11)23-16;/h3-8H,9-10H2,1-2H3;1H. The topological polar surface area (TPSA) is 36.4 Å². The zero-order chi connectivity index (χ0) is 16.4. The van der Waals surface area contributed by atoms with Gasteiger partial charge in [-0.3, -0.25) is 9.69 Å². The molecule has 0 radical (unpaired) electrons. The van der Waals surface area contributed by atoms with Crippen LogP contribution in [0.3, 0.4) is 0 Å². The van der Waals surface area contributed by atoms with E-state index in [1.54, 1.807) is 16.2 Å². The monoisotopic (exact) mass is 445 g/mol. The number of anilines is 1. The van der Waals surface area contributed by atoms with Crippen LogP contribution in [0.15, 0.2) is 40.2 Å². The average Bonchev–Trinajstić information content (AvgIpc) is 3.12. The van der Waals surface area contributed by atoms with Crippen LogP contribution in [-0.2, 0) is 0 Å². The zero-order valence-corrected chi connectivity index (χ0v) is 17.3. The highest BCUT2D eigenvalue weighted by Gasteiger charge is 2.22. The highest BCUT2D eigenvalue weighted by atomic mass is 79.9. The van der Waals surface area contributed by atoms with Gasteiger partial charge in [0, 0.05) is 13.1 Å². The molecular weight excluding hydrogens is 430 g/mol. The second-order valence-corrected chi connectivity index (χ2v) is 8.80. The molecular formula is C16H17BrClN3OS2. The van der Waals surface area contributed by atoms with Gasteiger partial charge in [0.2, 0.25) is 0 Å². The summed E-state index contributed by atoms with van der Waals surface area (Å²) < 4.78 is 2.05. The number of hydrogen-bond acceptors (Lipinski definition) is 5. The summed E-state index contributed by atoms with van der Waals surface area (Å²) in [7, 11) is 4.01. The minimum Gasteiger partial charge on any atom is -0.308 e. The summed E-state index contributed by atoms with van der Waals surface area (Å²) in [4.78, 5) is 22.1. The summed E-state index contributed by atoms with van der Waals surface area (Å²) in [6.07, 6.45) is 0. The summed E-state index contributed by atoms with van der Waals surface area (Å²) >= 11 is 6.43. The van der Waals surface area contributed by atoms with Crippen molar-refractivity contribution in [2.24, 2.45) is 0 Å². The van der Waals surface area contributed by atoms with E-state index < -0.39 is 0 Å². The normalized spacial score (nSPS) is 10.8. The third-order valence-corrected chi connectivity index (χ3v) is 5.98. The van der Waals surface area contributed by atoms with Crippen LogP contribution < -0.4 is 4.90 Å². The van der Waals surface area contributed by atoms with E-state index in [4.69, 9.17) is 0 Å². The van der Waals surface area contributed by atoms with Gasteiger partial charge in [0.15, 0.2) is 5.13 Å². The molecule has 8 heteroatoms. The van der Waals surface area contributed by atoms with Gasteiger partial charge in [-0.1, -0.05) is 23.5 Å². The molecule has 0 unspecified atom stereocenters. The molecule has 0 saturated heterocycles. The van der Waals surface area contributed by atoms with Crippen LogP contribution in [0.1, 0.15) is 9.67 Å². The maximum atomic E-state index is 12.9. The maximum Gasteiger partial charge on any atom is 0.270 e. The molecule has 4 nitrogen and oxygen atoms in total. The third kappa shape index (κ3) is 4.34. The summed E-state index contributed by atoms with van der Waals surface area (Å²) in [5.41, 5.74) is 0.933. The number of likely N-dealkylation sites (N-methyl/N-ethyl adjacent to an activating group) is 1. The number of carbonyl (C=O) groups is 1. The van der Waals surface area contributed by atoms with Gasteiger partial charge in [-0.25, -0.2) is 4.98 Å². The number of carbonyl (C=O) groups excluding carboxylic acids is 1. The number of para-hydroxylation sites is 1. The zero-order valence-electron chi connectivity index (χ0n) is 13.2. The lowest BCUT2D eigenvalue weighted by Gasteiger charge is -2.21. The minimum absolute atomic E-state index is 0. The van der Waals surface area contributed by atoms with Gasteiger partial charge >= 0.3 is 0 Å². The van der Waals surface area contributed by atoms with E-state index >= 15 is 0 Å². The van der Waals surface area contributed by atoms with Gasteiger partial charge in [-0.15, -0.1) is 23.7 Å². The molecule has 2 aromatic heterocycles. The van der Waals surface area contributed by atoms with Crippen LogP contribution in [-0.4, -0.2) is 43.0 Å². The molecule has 128 valence electrons. The number of amides is 1. The highest BCUT2D eigenvalue weighted by molar-refractivity contribution is 9.11. The Morgan fingerprint density at radius 2 is 1.88 bits per heavy atom. The summed E-state index contributed by atoms with van der Waals surface area (Å²) in [6, 6.07) is 11.7. The molecule has 1 aromatic carbocycles. The summed E-state index contributed by atoms with van der Waals surface area (Å²) in [6.45, 7) is 1.40. The van der Waals surface area contributed by atoms with Crippen molar-refractivity contribution in [2.75, 3.05) is 32.1 Å². The second-order valence-electron chi connectivity index (χ2n) is 5.33. The number of fused-ring (bicyclic) bond motifs is 1. The minimum atomic E-state index is 0. The van der Waals surface area contributed by atoms with Crippen LogP contribution in [0.4, 0.5) is 5.13 Å². The van der Waals surface area contributed by atoms with Gasteiger partial charge in [-0.2, -0.15) is 0 Å². The number of benzene rings is 1. The van der Waals surface area contributed by atoms with E-state index in [1.165, 1.54) is 11.3 Å². The van der Waals surface area contributed by atoms with E-state index in [9.17, 15) is 4.79 Å². The Balaban J connectivity index is 0.00000208. The molecule has 0 fully saturated rings. The number of halogens is 2. The Morgan fingerprint density at radius 1 is 1.12 bits per heavy atom. The highest BCUT2D eigenvalue weighted by Crippen LogP contribution is 2.31. The Hall–Kier alpha value is -0.990. The molecule has 0 aliphatic rings. The first-order valence-electron chi connectivity index (χ1n) is 7.12. The maximum absolute atomic E-state index is 12.9. The van der Waals surface area contributed by atoms with E-state index in [1.807, 2.05) is 50.5 Å². The molecule has 3 aromatic rings. The Kier molecular flexibility index (Phi) is 6.77. The predicted molar refractivity (Wildman–Crippen MR) is 109 cm³/mol. The van der Waals surface area contributed by atoms with Gasteiger partial charge < -0.3 is 4.90 Å². The molecule has 0 aliphatic carbocycles. The number of thiophene rings is 1. The fraction of sp³-hybridized carbons (Fsp3) is 0.250. The van der Waals surface area contributed by atoms with Gasteiger partial charge in [0.05, 0.1) is 18.9 Å². The lowest BCUT2D eigenvalue weighted by Crippen LogP contribution is -2.36. The van der Waals surface area contributed by atoms with Crippen molar-refractivity contribution in [3.05, 3.63) is 45.1 Å². The molecule has 0 atom stereocenters.